The molecule has 7 nitrogen and oxygen atoms in total. The molecule has 2 aromatic rings. The minimum atomic E-state index is -0.726. The van der Waals surface area contributed by atoms with E-state index in [1.165, 1.54) is 0 Å². The molecule has 3 N–H and O–H groups in total. The molecule has 8 heteroatoms. The lowest BCUT2D eigenvalue weighted by molar-refractivity contribution is 0.186. The van der Waals surface area contributed by atoms with Crippen LogP contribution in [0.5, 0.6) is 17.2 Å². The van der Waals surface area contributed by atoms with Gasteiger partial charge in [0.05, 0.1) is 39.0 Å². The molecule has 2 unspecified atom stereocenters. The number of aliphatic hydroxyl groups is 1. The van der Waals surface area contributed by atoms with Crippen LogP contribution in [-0.2, 0) is 0 Å². The maximum atomic E-state index is 10.5. The Labute approximate surface area is 208 Å². The molecule has 0 radical (unpaired) electrons. The summed E-state index contributed by atoms with van der Waals surface area (Å²) in [5.41, 5.74) is 1.81. The summed E-state index contributed by atoms with van der Waals surface area (Å²) in [6, 6.07) is 13.3. The van der Waals surface area contributed by atoms with E-state index in [4.69, 9.17) is 14.2 Å². The maximum absolute atomic E-state index is 10.5. The zero-order chi connectivity index (χ0) is 22.6. The fraction of sp³-hybridized carbons (Fsp3) is 0.458. The number of methoxy groups -OCH3 is 1. The number of aliphatic hydroxyl groups excluding tert-OH is 1. The summed E-state index contributed by atoms with van der Waals surface area (Å²) >= 11 is 0. The molecule has 0 saturated heterocycles. The molecule has 0 heterocycles. The van der Waals surface area contributed by atoms with Crippen LogP contribution in [0.3, 0.4) is 0 Å². The molecule has 0 amide bonds. The number of hydrogen-bond donors (Lipinski definition) is 3. The first-order chi connectivity index (χ1) is 15.0. The number of guanidine groups is 1. The van der Waals surface area contributed by atoms with Crippen molar-refractivity contribution in [3.05, 3.63) is 53.6 Å². The third-order valence-corrected chi connectivity index (χ3v) is 4.67. The molecule has 2 rings (SSSR count). The number of rotatable bonds is 11. The van der Waals surface area contributed by atoms with Crippen molar-refractivity contribution in [1.82, 2.24) is 10.6 Å². The van der Waals surface area contributed by atoms with Crippen LogP contribution in [0.15, 0.2) is 47.5 Å². The number of hydrogen-bond acceptors (Lipinski definition) is 5. The summed E-state index contributed by atoms with van der Waals surface area (Å²) in [6.07, 6.45) is -0.726. The molecule has 0 fully saturated rings. The van der Waals surface area contributed by atoms with Crippen LogP contribution >= 0.6 is 24.0 Å². The highest BCUT2D eigenvalue weighted by molar-refractivity contribution is 14.0. The van der Waals surface area contributed by atoms with Gasteiger partial charge in [0, 0.05) is 6.54 Å². The number of nitrogens with zero attached hydrogens (tertiary/aromatic N) is 1. The van der Waals surface area contributed by atoms with E-state index in [0.29, 0.717) is 31.5 Å². The largest absolute Gasteiger partial charge is 0.497 e. The van der Waals surface area contributed by atoms with Crippen LogP contribution in [0.1, 0.15) is 51.0 Å². The molecule has 0 aliphatic rings. The van der Waals surface area contributed by atoms with Gasteiger partial charge in [-0.1, -0.05) is 18.2 Å². The minimum Gasteiger partial charge on any atom is -0.497 e. The van der Waals surface area contributed by atoms with Crippen molar-refractivity contribution in [1.29, 1.82) is 0 Å². The van der Waals surface area contributed by atoms with E-state index in [1.54, 1.807) is 7.11 Å². The lowest BCUT2D eigenvalue weighted by Gasteiger charge is -2.20. The smallest absolute Gasteiger partial charge is 0.191 e. The molecule has 0 saturated carbocycles. The quantitative estimate of drug-likeness (QED) is 0.215. The predicted molar refractivity (Wildman–Crippen MR) is 140 cm³/mol. The third-order valence-electron chi connectivity index (χ3n) is 4.67. The Hall–Kier alpha value is -2.20. The van der Waals surface area contributed by atoms with Gasteiger partial charge in [-0.2, -0.15) is 0 Å². The normalized spacial score (nSPS) is 12.9. The van der Waals surface area contributed by atoms with E-state index in [-0.39, 0.29) is 36.6 Å². The van der Waals surface area contributed by atoms with Crippen molar-refractivity contribution in [3.63, 3.8) is 0 Å². The summed E-state index contributed by atoms with van der Waals surface area (Å²) in [5.74, 6) is 2.80. The first-order valence-electron chi connectivity index (χ1n) is 10.8. The predicted octanol–water partition coefficient (Wildman–Crippen LogP) is 4.46. The molecule has 0 spiro atoms. The first-order valence-corrected chi connectivity index (χ1v) is 10.8. The Morgan fingerprint density at radius 2 is 1.72 bits per heavy atom. The van der Waals surface area contributed by atoms with Crippen molar-refractivity contribution in [2.24, 2.45) is 4.99 Å². The molecular formula is C24H36IN3O4. The van der Waals surface area contributed by atoms with Crippen LogP contribution in [0.4, 0.5) is 0 Å². The van der Waals surface area contributed by atoms with Gasteiger partial charge in [0.25, 0.3) is 0 Å². The Bertz CT molecular complexity index is 848. The highest BCUT2D eigenvalue weighted by Gasteiger charge is 2.14. The monoisotopic (exact) mass is 557 g/mol. The highest BCUT2D eigenvalue weighted by Crippen LogP contribution is 2.30. The Kier molecular flexibility index (Phi) is 12.9. The van der Waals surface area contributed by atoms with Crippen LogP contribution in [0, 0.1) is 0 Å². The van der Waals surface area contributed by atoms with E-state index in [9.17, 15) is 5.11 Å². The zero-order valence-corrected chi connectivity index (χ0v) is 21.9. The fourth-order valence-corrected chi connectivity index (χ4v) is 3.08. The molecule has 2 aromatic carbocycles. The summed E-state index contributed by atoms with van der Waals surface area (Å²) < 4.78 is 16.6. The first kappa shape index (κ1) is 27.8. The van der Waals surface area contributed by atoms with Gasteiger partial charge in [-0.15, -0.1) is 24.0 Å². The lowest BCUT2D eigenvalue weighted by atomic mass is 10.1. The second-order valence-electron chi connectivity index (χ2n) is 6.95. The molecule has 2 atom stereocenters. The Morgan fingerprint density at radius 3 is 2.38 bits per heavy atom. The van der Waals surface area contributed by atoms with Crippen LogP contribution < -0.4 is 24.8 Å². The summed E-state index contributed by atoms with van der Waals surface area (Å²) in [6.45, 7) is 10.0. The minimum absolute atomic E-state index is 0. The van der Waals surface area contributed by atoms with E-state index in [2.05, 4.69) is 22.5 Å². The fourth-order valence-electron chi connectivity index (χ4n) is 3.08. The van der Waals surface area contributed by atoms with Crippen molar-refractivity contribution >= 4 is 29.9 Å². The topological polar surface area (TPSA) is 84.3 Å². The molecule has 0 bridgehead atoms. The van der Waals surface area contributed by atoms with Crippen molar-refractivity contribution in [2.45, 2.75) is 39.8 Å². The van der Waals surface area contributed by atoms with Gasteiger partial charge in [-0.3, -0.25) is 4.99 Å². The van der Waals surface area contributed by atoms with E-state index in [0.717, 1.165) is 22.6 Å². The molecule has 0 aliphatic heterocycles. The standard InChI is InChI=1S/C24H35N3O4.HI/c1-6-25-24(26-16-21(28)19-10-9-11-20(14-19)29-5)27-17(4)18-12-13-22(30-7-2)23(15-18)31-8-3;/h9-15,17,21,28H,6-8,16H2,1-5H3,(H2,25,26,27);1H. The number of halogens is 1. The SMILES string of the molecule is CCNC(=NCC(O)c1cccc(OC)c1)NC(C)c1ccc(OCC)c(OCC)c1.I. The van der Waals surface area contributed by atoms with Gasteiger partial charge in [-0.25, -0.2) is 0 Å². The highest BCUT2D eigenvalue weighted by atomic mass is 127. The summed E-state index contributed by atoms with van der Waals surface area (Å²) in [5, 5.41) is 17.2. The average molecular weight is 557 g/mol. The number of aliphatic imine (C=N–C) groups is 1. The number of ether oxygens (including phenoxy) is 3. The molecule has 32 heavy (non-hydrogen) atoms. The van der Waals surface area contributed by atoms with Gasteiger partial charge in [0.2, 0.25) is 0 Å². The van der Waals surface area contributed by atoms with Crippen molar-refractivity contribution < 1.29 is 19.3 Å². The third kappa shape index (κ3) is 8.38. The number of nitrogens with one attached hydrogen (secondary N) is 2. The van der Waals surface area contributed by atoms with Gasteiger partial charge in [-0.05, 0) is 63.1 Å². The zero-order valence-electron chi connectivity index (χ0n) is 19.6. The second kappa shape index (κ2) is 14.8. The van der Waals surface area contributed by atoms with Crippen LogP contribution in [0.25, 0.3) is 0 Å². The molecule has 0 aromatic heterocycles. The van der Waals surface area contributed by atoms with Gasteiger partial charge in [0.1, 0.15) is 5.75 Å². The second-order valence-corrected chi connectivity index (χ2v) is 6.95. The van der Waals surface area contributed by atoms with Gasteiger partial charge >= 0.3 is 0 Å². The molecule has 178 valence electrons. The summed E-state index contributed by atoms with van der Waals surface area (Å²) in [4.78, 5) is 4.56. The number of benzene rings is 2. The Balaban J connectivity index is 0.00000512. The summed E-state index contributed by atoms with van der Waals surface area (Å²) in [7, 11) is 1.61. The lowest BCUT2D eigenvalue weighted by Crippen LogP contribution is -2.39. The average Bonchev–Trinajstić information content (AvgIpc) is 2.78. The van der Waals surface area contributed by atoms with Crippen molar-refractivity contribution in [2.75, 3.05) is 33.4 Å². The van der Waals surface area contributed by atoms with Gasteiger partial charge < -0.3 is 30.0 Å². The van der Waals surface area contributed by atoms with E-state index < -0.39 is 6.10 Å². The van der Waals surface area contributed by atoms with E-state index in [1.807, 2.05) is 63.2 Å². The molecular weight excluding hydrogens is 521 g/mol. The molecule has 0 aliphatic carbocycles. The van der Waals surface area contributed by atoms with Crippen molar-refractivity contribution in [3.8, 4) is 17.2 Å². The Morgan fingerprint density at radius 1 is 1.00 bits per heavy atom. The van der Waals surface area contributed by atoms with Crippen LogP contribution in [0.2, 0.25) is 0 Å². The van der Waals surface area contributed by atoms with Crippen LogP contribution in [-0.4, -0.2) is 44.5 Å². The maximum Gasteiger partial charge on any atom is 0.191 e. The van der Waals surface area contributed by atoms with E-state index >= 15 is 0 Å². The van der Waals surface area contributed by atoms with Gasteiger partial charge in [0.15, 0.2) is 17.5 Å².